The van der Waals surface area contributed by atoms with Crippen LogP contribution in [0.5, 0.6) is 11.5 Å². The zero-order valence-electron chi connectivity index (χ0n) is 16.7. The number of methoxy groups -OCH3 is 2. The summed E-state index contributed by atoms with van der Waals surface area (Å²) in [5.74, 6) is 2.24. The Labute approximate surface area is 165 Å². The monoisotopic (exact) mass is 389 g/mol. The Morgan fingerprint density at radius 1 is 1.04 bits per heavy atom. The van der Waals surface area contributed by atoms with Crippen LogP contribution in [0.3, 0.4) is 0 Å². The molecule has 0 aliphatic carbocycles. The molecular weight excluding hydrogens is 362 g/mol. The van der Waals surface area contributed by atoms with E-state index >= 15 is 0 Å². The molecule has 1 spiro atoms. The van der Waals surface area contributed by atoms with Gasteiger partial charge in [-0.1, -0.05) is 0 Å². The summed E-state index contributed by atoms with van der Waals surface area (Å²) in [6, 6.07) is 4.09. The number of benzene rings is 1. The van der Waals surface area contributed by atoms with Gasteiger partial charge in [-0.05, 0) is 49.4 Å². The maximum absolute atomic E-state index is 12.9. The molecule has 4 rings (SSSR count). The van der Waals surface area contributed by atoms with Crippen molar-refractivity contribution >= 4 is 5.91 Å². The molecule has 3 heterocycles. The number of carbonyl (C=O) groups excluding carboxylic acids is 1. The third-order valence-electron chi connectivity index (χ3n) is 5.87. The van der Waals surface area contributed by atoms with E-state index < -0.39 is 5.60 Å². The van der Waals surface area contributed by atoms with Gasteiger partial charge in [0, 0.05) is 13.1 Å². The highest BCUT2D eigenvalue weighted by Crippen LogP contribution is 2.45. The summed E-state index contributed by atoms with van der Waals surface area (Å²) >= 11 is 0. The van der Waals surface area contributed by atoms with Crippen LogP contribution in [0.4, 0.5) is 0 Å². The van der Waals surface area contributed by atoms with E-state index in [4.69, 9.17) is 23.7 Å². The number of ether oxygens (including phenoxy) is 5. The molecule has 0 saturated carbocycles. The second-order valence-corrected chi connectivity index (χ2v) is 7.33. The number of carbonyl (C=O) groups is 1. The lowest BCUT2D eigenvalue weighted by Gasteiger charge is -2.45. The number of nitrogens with zero attached hydrogens (tertiary/aromatic N) is 1. The fourth-order valence-electron chi connectivity index (χ4n) is 4.33. The van der Waals surface area contributed by atoms with Crippen LogP contribution in [-0.2, 0) is 31.0 Å². The molecule has 0 unspecified atom stereocenters. The molecule has 1 saturated heterocycles. The molecule has 0 bridgehead atoms. The predicted octanol–water partition coefficient (Wildman–Crippen LogP) is 2.37. The quantitative estimate of drug-likeness (QED) is 0.791. The first-order chi connectivity index (χ1) is 13.6. The molecule has 1 aromatic carbocycles. The van der Waals surface area contributed by atoms with Crippen LogP contribution in [0.1, 0.15) is 30.9 Å². The van der Waals surface area contributed by atoms with Crippen LogP contribution < -0.4 is 9.47 Å². The van der Waals surface area contributed by atoms with Gasteiger partial charge in [-0.3, -0.25) is 4.79 Å². The number of rotatable bonds is 3. The lowest BCUT2D eigenvalue weighted by atomic mass is 9.79. The van der Waals surface area contributed by atoms with Crippen LogP contribution in [-0.4, -0.2) is 57.9 Å². The lowest BCUT2D eigenvalue weighted by Crippen LogP contribution is -2.49. The Bertz CT molecular complexity index is 794. The molecule has 1 amide bonds. The second kappa shape index (κ2) is 7.54. The van der Waals surface area contributed by atoms with E-state index in [0.29, 0.717) is 50.2 Å². The number of hydrogen-bond acceptors (Lipinski definition) is 6. The largest absolute Gasteiger partial charge is 0.493 e. The van der Waals surface area contributed by atoms with Crippen molar-refractivity contribution in [2.75, 3.05) is 47.1 Å². The fraction of sp³-hybridized carbons (Fsp3) is 0.571. The second-order valence-electron chi connectivity index (χ2n) is 7.33. The molecule has 7 heteroatoms. The van der Waals surface area contributed by atoms with Crippen LogP contribution in [0, 0.1) is 0 Å². The van der Waals surface area contributed by atoms with Gasteiger partial charge in [0.25, 0.3) is 5.91 Å². The smallest absolute Gasteiger partial charge is 0.292 e. The fourth-order valence-corrected chi connectivity index (χ4v) is 4.33. The number of allylic oxidation sites excluding steroid dienone is 1. The first-order valence-electron chi connectivity index (χ1n) is 9.73. The summed E-state index contributed by atoms with van der Waals surface area (Å²) < 4.78 is 28.3. The number of likely N-dealkylation sites (tertiary alicyclic amines) is 1. The molecule has 0 aromatic heterocycles. The van der Waals surface area contributed by atoms with Gasteiger partial charge in [-0.25, -0.2) is 0 Å². The van der Waals surface area contributed by atoms with Crippen LogP contribution >= 0.6 is 0 Å². The normalized spacial score (nSPS) is 20.9. The van der Waals surface area contributed by atoms with Crippen LogP contribution in [0.15, 0.2) is 23.7 Å². The summed E-state index contributed by atoms with van der Waals surface area (Å²) in [4.78, 5) is 14.7. The number of fused-ring (bicyclic) bond motifs is 2. The molecule has 0 N–H and O–H groups in total. The van der Waals surface area contributed by atoms with Crippen molar-refractivity contribution < 1.29 is 28.5 Å². The molecular formula is C21H27NO6. The minimum absolute atomic E-state index is 0.101. The van der Waals surface area contributed by atoms with E-state index in [1.54, 1.807) is 21.1 Å². The van der Waals surface area contributed by atoms with E-state index in [1.165, 1.54) is 5.56 Å². The minimum Gasteiger partial charge on any atom is -0.493 e. The average molecular weight is 389 g/mol. The van der Waals surface area contributed by atoms with Gasteiger partial charge in [0.05, 0.1) is 26.4 Å². The highest BCUT2D eigenvalue weighted by Gasteiger charge is 2.43. The van der Waals surface area contributed by atoms with Gasteiger partial charge in [-0.2, -0.15) is 0 Å². The van der Waals surface area contributed by atoms with Gasteiger partial charge in [-0.15, -0.1) is 0 Å². The van der Waals surface area contributed by atoms with Crippen molar-refractivity contribution in [1.29, 1.82) is 0 Å². The van der Waals surface area contributed by atoms with Gasteiger partial charge in [0.2, 0.25) is 5.76 Å². The first-order valence-corrected chi connectivity index (χ1v) is 9.73. The van der Waals surface area contributed by atoms with E-state index in [0.717, 1.165) is 30.6 Å². The Hall–Kier alpha value is -2.41. The third-order valence-corrected chi connectivity index (χ3v) is 5.87. The highest BCUT2D eigenvalue weighted by molar-refractivity contribution is 5.92. The van der Waals surface area contributed by atoms with Crippen molar-refractivity contribution in [3.8, 4) is 11.5 Å². The van der Waals surface area contributed by atoms with Crippen molar-refractivity contribution in [1.82, 2.24) is 4.90 Å². The molecule has 3 aliphatic rings. The third kappa shape index (κ3) is 3.17. The zero-order chi connectivity index (χ0) is 19.7. The van der Waals surface area contributed by atoms with Crippen LogP contribution in [0.25, 0.3) is 0 Å². The Balaban J connectivity index is 1.56. The van der Waals surface area contributed by atoms with Crippen LogP contribution in [0.2, 0.25) is 0 Å². The summed E-state index contributed by atoms with van der Waals surface area (Å²) in [7, 11) is 3.29. The summed E-state index contributed by atoms with van der Waals surface area (Å²) in [5.41, 5.74) is 1.99. The minimum atomic E-state index is -0.392. The Morgan fingerprint density at radius 3 is 2.39 bits per heavy atom. The molecule has 0 radical (unpaired) electrons. The summed E-state index contributed by atoms with van der Waals surface area (Å²) in [5, 5.41) is 0. The highest BCUT2D eigenvalue weighted by atomic mass is 16.6. The molecule has 28 heavy (non-hydrogen) atoms. The molecule has 1 fully saturated rings. The SMILES string of the molecule is COc1cc2c(cc1OC)C1(CCN(C(=O)C3=C(C)OCCO3)CC1)OCC2. The van der Waals surface area contributed by atoms with E-state index in [1.807, 2.05) is 11.0 Å². The van der Waals surface area contributed by atoms with Crippen molar-refractivity contribution in [2.24, 2.45) is 0 Å². The average Bonchev–Trinajstić information content (AvgIpc) is 2.73. The lowest BCUT2D eigenvalue weighted by molar-refractivity contribution is -0.142. The standard InChI is InChI=1S/C21H27NO6/c1-14-19(27-11-10-26-14)20(23)22-7-5-21(6-8-22)16-13-18(25-3)17(24-2)12-15(16)4-9-28-21/h12-13H,4-11H2,1-3H3. The summed E-state index contributed by atoms with van der Waals surface area (Å²) in [6.45, 7) is 4.55. The Morgan fingerprint density at radius 2 is 1.71 bits per heavy atom. The maximum Gasteiger partial charge on any atom is 0.292 e. The van der Waals surface area contributed by atoms with Crippen molar-refractivity contribution in [3.05, 3.63) is 34.8 Å². The first kappa shape index (κ1) is 18.9. The van der Waals surface area contributed by atoms with Gasteiger partial charge in [0.1, 0.15) is 19.0 Å². The molecule has 7 nitrogen and oxygen atoms in total. The van der Waals surface area contributed by atoms with E-state index in [2.05, 4.69) is 6.07 Å². The van der Waals surface area contributed by atoms with Gasteiger partial charge in [0.15, 0.2) is 11.5 Å². The predicted molar refractivity (Wildman–Crippen MR) is 101 cm³/mol. The van der Waals surface area contributed by atoms with E-state index in [-0.39, 0.29) is 5.91 Å². The number of amides is 1. The Kier molecular flexibility index (Phi) is 5.10. The van der Waals surface area contributed by atoms with Crippen molar-refractivity contribution in [2.45, 2.75) is 31.8 Å². The summed E-state index contributed by atoms with van der Waals surface area (Å²) in [6.07, 6.45) is 2.31. The van der Waals surface area contributed by atoms with Crippen molar-refractivity contribution in [3.63, 3.8) is 0 Å². The van der Waals surface area contributed by atoms with Gasteiger partial charge >= 0.3 is 0 Å². The topological polar surface area (TPSA) is 66.5 Å². The van der Waals surface area contributed by atoms with Gasteiger partial charge < -0.3 is 28.6 Å². The number of piperidine rings is 1. The zero-order valence-corrected chi connectivity index (χ0v) is 16.7. The molecule has 0 atom stereocenters. The molecule has 3 aliphatic heterocycles. The number of hydrogen-bond donors (Lipinski definition) is 0. The maximum atomic E-state index is 12.9. The molecule has 1 aromatic rings. The van der Waals surface area contributed by atoms with E-state index in [9.17, 15) is 4.79 Å². The molecule has 152 valence electrons.